The maximum absolute atomic E-state index is 12.8. The number of rotatable bonds is 6. The van der Waals surface area contributed by atoms with Gasteiger partial charge in [-0.25, -0.2) is 8.78 Å². The first-order valence-corrected chi connectivity index (χ1v) is 8.18. The second-order valence-electron chi connectivity index (χ2n) is 6.52. The van der Waals surface area contributed by atoms with Crippen LogP contribution >= 0.6 is 0 Å². The standard InChI is InChI=1S/C16H19F2N5O3/c1-8(2)21-7-10-14(16(21)26)22(6-9(3)24)13-4-12(19-5-11(17)18)20-23(13)15(10)25/h4,8,11H,5-7H2,1-3H3,(H,19,20). The minimum Gasteiger partial charge on any atom is -0.363 e. The van der Waals surface area contributed by atoms with Crippen LogP contribution in [0.25, 0.3) is 5.65 Å². The van der Waals surface area contributed by atoms with Gasteiger partial charge in [-0.3, -0.25) is 14.4 Å². The molecule has 0 saturated carbocycles. The van der Waals surface area contributed by atoms with Crippen LogP contribution in [0.5, 0.6) is 0 Å². The third-order valence-corrected chi connectivity index (χ3v) is 4.21. The summed E-state index contributed by atoms with van der Waals surface area (Å²) in [6, 6.07) is 1.27. The number of carbonyl (C=O) groups is 2. The molecule has 0 saturated heterocycles. The van der Waals surface area contributed by atoms with Crippen molar-refractivity contribution in [3.63, 3.8) is 0 Å². The van der Waals surface area contributed by atoms with Crippen molar-refractivity contribution in [2.45, 2.75) is 46.3 Å². The van der Waals surface area contributed by atoms with Gasteiger partial charge in [0.15, 0.2) is 5.82 Å². The number of hydrogen-bond acceptors (Lipinski definition) is 5. The Balaban J connectivity index is 2.20. The molecule has 0 unspecified atom stereocenters. The lowest BCUT2D eigenvalue weighted by atomic mass is 10.2. The van der Waals surface area contributed by atoms with Gasteiger partial charge in [0.05, 0.1) is 25.2 Å². The lowest BCUT2D eigenvalue weighted by molar-refractivity contribution is -0.117. The summed E-state index contributed by atoms with van der Waals surface area (Å²) in [4.78, 5) is 38.8. The minimum atomic E-state index is -2.58. The van der Waals surface area contributed by atoms with Gasteiger partial charge >= 0.3 is 0 Å². The summed E-state index contributed by atoms with van der Waals surface area (Å²) in [6.07, 6.45) is -2.58. The maximum atomic E-state index is 12.8. The maximum Gasteiger partial charge on any atom is 0.280 e. The van der Waals surface area contributed by atoms with Crippen LogP contribution in [0.4, 0.5) is 14.6 Å². The first-order valence-electron chi connectivity index (χ1n) is 8.18. The fraction of sp³-hybridized carbons (Fsp3) is 0.500. The lowest BCUT2D eigenvalue weighted by Gasteiger charge is -2.20. The van der Waals surface area contributed by atoms with Gasteiger partial charge in [-0.1, -0.05) is 0 Å². The van der Waals surface area contributed by atoms with Crippen molar-refractivity contribution in [2.24, 2.45) is 0 Å². The summed E-state index contributed by atoms with van der Waals surface area (Å²) >= 11 is 0. The van der Waals surface area contributed by atoms with E-state index < -0.39 is 18.5 Å². The average Bonchev–Trinajstić information content (AvgIpc) is 3.11. The Morgan fingerprint density at radius 3 is 2.62 bits per heavy atom. The quantitative estimate of drug-likeness (QED) is 0.827. The monoisotopic (exact) mass is 367 g/mol. The Morgan fingerprint density at radius 2 is 2.04 bits per heavy atom. The average molecular weight is 367 g/mol. The second kappa shape index (κ2) is 6.50. The van der Waals surface area contributed by atoms with Crippen molar-refractivity contribution in [1.29, 1.82) is 0 Å². The predicted octanol–water partition coefficient (Wildman–Crippen LogP) is 1.13. The Labute approximate surface area is 147 Å². The Hall–Kier alpha value is -2.78. The summed E-state index contributed by atoms with van der Waals surface area (Å²) < 4.78 is 27.3. The summed E-state index contributed by atoms with van der Waals surface area (Å²) in [5.41, 5.74) is 0.128. The fourth-order valence-electron chi connectivity index (χ4n) is 3.05. The molecule has 1 amide bonds. The molecule has 0 bridgehead atoms. The topological polar surface area (TPSA) is 88.7 Å². The van der Waals surface area contributed by atoms with E-state index in [9.17, 15) is 23.2 Å². The summed E-state index contributed by atoms with van der Waals surface area (Å²) in [7, 11) is 0. The van der Waals surface area contributed by atoms with Crippen LogP contribution in [0, 0.1) is 0 Å². The van der Waals surface area contributed by atoms with Crippen LogP contribution in [-0.4, -0.2) is 49.8 Å². The number of halogens is 2. The first kappa shape index (κ1) is 18.0. The fourth-order valence-corrected chi connectivity index (χ4v) is 3.05. The van der Waals surface area contributed by atoms with Crippen LogP contribution in [0.15, 0.2) is 10.9 Å². The van der Waals surface area contributed by atoms with E-state index in [1.165, 1.54) is 22.5 Å². The van der Waals surface area contributed by atoms with Crippen molar-refractivity contribution in [3.05, 3.63) is 27.7 Å². The molecule has 0 aliphatic carbocycles. The molecule has 140 valence electrons. The number of nitrogens with one attached hydrogen (secondary N) is 1. The molecule has 2 aromatic heterocycles. The summed E-state index contributed by atoms with van der Waals surface area (Å²) in [5.74, 6) is -0.465. The summed E-state index contributed by atoms with van der Waals surface area (Å²) in [5, 5.41) is 6.46. The SMILES string of the molecule is CC(=O)Cn1c2c(c(=O)n3nc(NCC(F)F)cc13)CN(C(C)C)C2=O. The molecule has 10 heteroatoms. The summed E-state index contributed by atoms with van der Waals surface area (Å²) in [6.45, 7) is 4.42. The van der Waals surface area contributed by atoms with Crippen LogP contribution in [-0.2, 0) is 17.9 Å². The molecule has 1 aliphatic rings. The van der Waals surface area contributed by atoms with Gasteiger partial charge in [-0.15, -0.1) is 5.10 Å². The van der Waals surface area contributed by atoms with E-state index in [-0.39, 0.29) is 53.5 Å². The molecule has 0 aromatic carbocycles. The number of anilines is 1. The number of amides is 1. The van der Waals surface area contributed by atoms with E-state index in [1.54, 1.807) is 0 Å². The van der Waals surface area contributed by atoms with E-state index in [0.717, 1.165) is 4.52 Å². The van der Waals surface area contributed by atoms with E-state index in [1.807, 2.05) is 13.8 Å². The molecule has 0 fully saturated rings. The molecule has 1 aliphatic heterocycles. The van der Waals surface area contributed by atoms with Crippen molar-refractivity contribution < 1.29 is 18.4 Å². The zero-order chi connectivity index (χ0) is 19.2. The normalized spacial score (nSPS) is 14.0. The first-order chi connectivity index (χ1) is 12.2. The van der Waals surface area contributed by atoms with E-state index in [2.05, 4.69) is 10.4 Å². The third-order valence-electron chi connectivity index (χ3n) is 4.21. The molecule has 8 nitrogen and oxygen atoms in total. The molecule has 1 N–H and O–H groups in total. The molecule has 0 atom stereocenters. The van der Waals surface area contributed by atoms with Gasteiger partial charge in [0, 0.05) is 12.1 Å². The highest BCUT2D eigenvalue weighted by Crippen LogP contribution is 2.25. The number of hydrogen-bond donors (Lipinski definition) is 1. The zero-order valence-corrected chi connectivity index (χ0v) is 14.6. The highest BCUT2D eigenvalue weighted by atomic mass is 19.3. The number of ketones is 1. The van der Waals surface area contributed by atoms with Gasteiger partial charge < -0.3 is 14.8 Å². The zero-order valence-electron chi connectivity index (χ0n) is 14.6. The Morgan fingerprint density at radius 1 is 1.35 bits per heavy atom. The van der Waals surface area contributed by atoms with Gasteiger partial charge in [0.25, 0.3) is 17.9 Å². The number of fused-ring (bicyclic) bond motifs is 2. The predicted molar refractivity (Wildman–Crippen MR) is 89.6 cm³/mol. The highest BCUT2D eigenvalue weighted by Gasteiger charge is 2.36. The minimum absolute atomic E-state index is 0.0801. The molecular weight excluding hydrogens is 348 g/mol. The number of Topliss-reactive ketones (excluding diaryl/α,β-unsaturated/α-hetero) is 1. The van der Waals surface area contributed by atoms with Crippen molar-refractivity contribution in [2.75, 3.05) is 11.9 Å². The number of nitrogens with zero attached hydrogens (tertiary/aromatic N) is 4. The third kappa shape index (κ3) is 2.95. The number of carbonyl (C=O) groups excluding carboxylic acids is 2. The molecule has 2 aromatic rings. The molecular formula is C16H19F2N5O3. The molecule has 0 radical (unpaired) electrons. The molecule has 0 spiro atoms. The van der Waals surface area contributed by atoms with Gasteiger partial charge in [0.2, 0.25) is 0 Å². The molecule has 3 heterocycles. The molecule has 26 heavy (non-hydrogen) atoms. The van der Waals surface area contributed by atoms with Crippen LogP contribution in [0.1, 0.15) is 36.8 Å². The van der Waals surface area contributed by atoms with E-state index in [0.29, 0.717) is 0 Å². The van der Waals surface area contributed by atoms with Crippen LogP contribution in [0.2, 0.25) is 0 Å². The van der Waals surface area contributed by atoms with Crippen LogP contribution in [0.3, 0.4) is 0 Å². The second-order valence-corrected chi connectivity index (χ2v) is 6.52. The van der Waals surface area contributed by atoms with Crippen molar-refractivity contribution in [1.82, 2.24) is 19.1 Å². The van der Waals surface area contributed by atoms with E-state index in [4.69, 9.17) is 0 Å². The number of aromatic nitrogens is 3. The van der Waals surface area contributed by atoms with E-state index >= 15 is 0 Å². The van der Waals surface area contributed by atoms with Crippen molar-refractivity contribution in [3.8, 4) is 0 Å². The van der Waals surface area contributed by atoms with Gasteiger partial charge in [-0.2, -0.15) is 4.52 Å². The van der Waals surface area contributed by atoms with Crippen molar-refractivity contribution >= 4 is 23.2 Å². The Bertz CT molecular complexity index is 947. The number of alkyl halides is 2. The largest absolute Gasteiger partial charge is 0.363 e. The molecule has 3 rings (SSSR count). The van der Waals surface area contributed by atoms with Crippen LogP contribution < -0.4 is 10.9 Å². The smallest absolute Gasteiger partial charge is 0.280 e. The lowest BCUT2D eigenvalue weighted by Crippen LogP contribution is -2.32. The van der Waals surface area contributed by atoms with Gasteiger partial charge in [-0.05, 0) is 20.8 Å². The van der Waals surface area contributed by atoms with Gasteiger partial charge in [0.1, 0.15) is 17.1 Å². The highest BCUT2D eigenvalue weighted by molar-refractivity contribution is 5.98. The Kier molecular flexibility index (Phi) is 4.51.